The largest absolute Gasteiger partial charge is 0.418 e. The molecule has 0 spiro atoms. The molecule has 3 amide bonds. The number of aromatic amines is 1. The SMILES string of the molecule is C=S=C(NCc1cncnc1)[C@@H](NC(=O)[C@@]1(NC(=O)[C@@H](NC(=O)Cc2ccccc2F)C(C)CC)CCc2[nH]c3c(C(F)(F)F)cccc3c2C1)C(C)CC. The van der Waals surface area contributed by atoms with Crippen LogP contribution in [-0.4, -0.2) is 61.2 Å². The van der Waals surface area contributed by atoms with E-state index in [0.717, 1.165) is 11.6 Å². The van der Waals surface area contributed by atoms with Crippen LogP contribution in [0.15, 0.2) is 61.2 Å². The van der Waals surface area contributed by atoms with Crippen molar-refractivity contribution in [3.8, 4) is 0 Å². The van der Waals surface area contributed by atoms with Gasteiger partial charge in [0.2, 0.25) is 17.7 Å². The predicted molar refractivity (Wildman–Crippen MR) is 208 cm³/mol. The average molecular weight is 782 g/mol. The highest BCUT2D eigenvalue weighted by molar-refractivity contribution is 7.96. The maximum Gasteiger partial charge on any atom is 0.418 e. The van der Waals surface area contributed by atoms with Crippen LogP contribution in [0.2, 0.25) is 0 Å². The van der Waals surface area contributed by atoms with Gasteiger partial charge in [-0.3, -0.25) is 19.7 Å². The Bertz CT molecular complexity index is 2070. The van der Waals surface area contributed by atoms with E-state index in [1.165, 1.54) is 41.5 Å². The molecule has 1 aliphatic rings. The van der Waals surface area contributed by atoms with E-state index in [9.17, 15) is 31.9 Å². The molecule has 4 aromatic rings. The summed E-state index contributed by atoms with van der Waals surface area (Å²) in [4.78, 5) is 54.3. The molecule has 0 aliphatic heterocycles. The lowest BCUT2D eigenvalue weighted by Gasteiger charge is -2.40. The van der Waals surface area contributed by atoms with E-state index in [1.807, 2.05) is 20.8 Å². The molecule has 55 heavy (non-hydrogen) atoms. The summed E-state index contributed by atoms with van der Waals surface area (Å²) in [7, 11) is 1.19. The number of fused-ring (bicyclic) bond motifs is 3. The molecule has 0 saturated carbocycles. The highest BCUT2D eigenvalue weighted by Crippen LogP contribution is 2.40. The molecule has 2 aromatic carbocycles. The summed E-state index contributed by atoms with van der Waals surface area (Å²) in [6.07, 6.45) is 1.07. The number of hydrogen-bond donors (Lipinski definition) is 5. The lowest BCUT2D eigenvalue weighted by atomic mass is 9.78. The van der Waals surface area contributed by atoms with Crippen LogP contribution in [-0.2, 0) is 46.4 Å². The lowest BCUT2D eigenvalue weighted by molar-refractivity contribution is -0.137. The second-order valence-corrected chi connectivity index (χ2v) is 14.9. The zero-order valence-corrected chi connectivity index (χ0v) is 32.1. The Labute approximate surface area is 321 Å². The van der Waals surface area contributed by atoms with Gasteiger partial charge in [-0.1, -0.05) is 70.9 Å². The number of rotatable bonds is 14. The van der Waals surface area contributed by atoms with E-state index in [1.54, 1.807) is 31.5 Å². The van der Waals surface area contributed by atoms with Crippen LogP contribution in [0, 0.1) is 17.7 Å². The molecule has 10 nitrogen and oxygen atoms in total. The van der Waals surface area contributed by atoms with Gasteiger partial charge in [0.1, 0.15) is 23.7 Å². The van der Waals surface area contributed by atoms with Gasteiger partial charge in [0, 0.05) is 42.0 Å². The van der Waals surface area contributed by atoms with E-state index in [2.05, 4.69) is 42.1 Å². The van der Waals surface area contributed by atoms with Gasteiger partial charge >= 0.3 is 6.18 Å². The second kappa shape index (κ2) is 17.7. The molecule has 2 unspecified atom stereocenters. The Morgan fingerprint density at radius 1 is 0.982 bits per heavy atom. The van der Waals surface area contributed by atoms with E-state index < -0.39 is 58.8 Å². The number of carbonyl (C=O) groups excluding carboxylic acids is 3. The summed E-state index contributed by atoms with van der Waals surface area (Å²) >= 11 is 0. The summed E-state index contributed by atoms with van der Waals surface area (Å²) < 4.78 is 56.8. The first-order valence-electron chi connectivity index (χ1n) is 18.3. The highest BCUT2D eigenvalue weighted by Gasteiger charge is 2.47. The van der Waals surface area contributed by atoms with E-state index in [4.69, 9.17) is 0 Å². The zero-order valence-electron chi connectivity index (χ0n) is 31.3. The fourth-order valence-corrected chi connectivity index (χ4v) is 7.61. The number of para-hydroxylation sites is 1. The molecule has 2 heterocycles. The summed E-state index contributed by atoms with van der Waals surface area (Å²) in [5, 5.41) is 12.6. The number of nitrogens with one attached hydrogen (secondary N) is 5. The van der Waals surface area contributed by atoms with Crippen molar-refractivity contribution in [3.63, 3.8) is 0 Å². The van der Waals surface area contributed by atoms with Gasteiger partial charge < -0.3 is 20.9 Å². The average Bonchev–Trinajstić information content (AvgIpc) is 3.54. The molecule has 0 fully saturated rings. The molecule has 5 N–H and O–H groups in total. The molecule has 2 aromatic heterocycles. The number of benzene rings is 2. The number of H-pyrrole nitrogens is 1. The fourth-order valence-electron chi connectivity index (χ4n) is 6.96. The molecule has 5 atom stereocenters. The van der Waals surface area contributed by atoms with Crippen LogP contribution in [0.5, 0.6) is 0 Å². The van der Waals surface area contributed by atoms with E-state index in [-0.39, 0.29) is 42.7 Å². The minimum Gasteiger partial charge on any atom is -0.358 e. The van der Waals surface area contributed by atoms with Crippen molar-refractivity contribution in [2.24, 2.45) is 11.8 Å². The third kappa shape index (κ3) is 9.50. The Balaban J connectivity index is 1.51. The quantitative estimate of drug-likeness (QED) is 0.0804. The third-order valence-corrected chi connectivity index (χ3v) is 11.3. The molecule has 0 bridgehead atoms. The minimum absolute atomic E-state index is 0.0526. The van der Waals surface area contributed by atoms with Crippen molar-refractivity contribution in [2.45, 2.75) is 96.6 Å². The summed E-state index contributed by atoms with van der Waals surface area (Å²) in [5.41, 5.74) is -0.543. The Morgan fingerprint density at radius 2 is 1.67 bits per heavy atom. The molecule has 0 radical (unpaired) electrons. The Morgan fingerprint density at radius 3 is 2.33 bits per heavy atom. The summed E-state index contributed by atoms with van der Waals surface area (Å²) in [6, 6.07) is 8.09. The van der Waals surface area contributed by atoms with E-state index >= 15 is 0 Å². The monoisotopic (exact) mass is 781 g/mol. The first-order valence-corrected chi connectivity index (χ1v) is 19.3. The van der Waals surface area contributed by atoms with Gasteiger partial charge in [-0.25, -0.2) is 14.4 Å². The summed E-state index contributed by atoms with van der Waals surface area (Å²) in [6.45, 7) is 7.95. The van der Waals surface area contributed by atoms with Crippen molar-refractivity contribution in [1.29, 1.82) is 0 Å². The van der Waals surface area contributed by atoms with Crippen LogP contribution in [0.1, 0.15) is 74.9 Å². The van der Waals surface area contributed by atoms with Crippen molar-refractivity contribution >= 4 is 50.4 Å². The number of aryl methyl sites for hydroxylation is 1. The maximum atomic E-state index is 14.9. The topological polar surface area (TPSA) is 141 Å². The first kappa shape index (κ1) is 41.3. The fraction of sp³-hybridized carbons (Fsp3) is 0.425. The van der Waals surface area contributed by atoms with Crippen LogP contribution < -0.4 is 21.3 Å². The standard InChI is InChI=1S/C40H47F4N7O3S/c1-6-23(3)33(49-32(52)17-26-11-8-9-14-30(26)41)36(53)51-39(16-15-31-28(18-39)27-12-10-13-29(35(27)48-31)40(42,43)44)38(54)50-34(24(4)7-2)37(55-5)47-21-25-19-45-22-46-20-25/h8-14,19-20,22-24,33-34,47-48H,5-7,15-18,21H2,1-4H3,(H,49,52)(H,50,54)(H,51,53)/t23?,24?,33-,34-,39+/m0/s1. The molecule has 294 valence electrons. The minimum atomic E-state index is -4.62. The Kier molecular flexibility index (Phi) is 13.3. The van der Waals surface area contributed by atoms with Crippen molar-refractivity contribution in [3.05, 3.63) is 95.0 Å². The number of halogens is 4. The van der Waals surface area contributed by atoms with Crippen LogP contribution in [0.4, 0.5) is 17.6 Å². The number of alkyl halides is 3. The summed E-state index contributed by atoms with van der Waals surface area (Å²) in [5.74, 6) is 1.23. The number of aromatic nitrogens is 3. The molecule has 5 rings (SSSR count). The lowest BCUT2D eigenvalue weighted by Crippen LogP contribution is -2.67. The van der Waals surface area contributed by atoms with E-state index in [0.29, 0.717) is 41.0 Å². The van der Waals surface area contributed by atoms with Crippen molar-refractivity contribution < 1.29 is 31.9 Å². The maximum absolute atomic E-state index is 14.9. The number of hydrogen-bond acceptors (Lipinski definition) is 5. The van der Waals surface area contributed by atoms with Gasteiger partial charge in [0.15, 0.2) is 0 Å². The second-order valence-electron chi connectivity index (χ2n) is 14.2. The van der Waals surface area contributed by atoms with Crippen LogP contribution in [0.3, 0.4) is 0 Å². The van der Waals surface area contributed by atoms with Crippen molar-refractivity contribution in [1.82, 2.24) is 36.2 Å². The van der Waals surface area contributed by atoms with Gasteiger partial charge in [-0.2, -0.15) is 13.2 Å². The molecular weight excluding hydrogens is 735 g/mol. The highest BCUT2D eigenvalue weighted by atomic mass is 32.1. The van der Waals surface area contributed by atoms with Crippen LogP contribution >= 0.6 is 10.9 Å². The van der Waals surface area contributed by atoms with Gasteiger partial charge in [-0.15, -0.1) is 10.9 Å². The molecule has 0 saturated heterocycles. The van der Waals surface area contributed by atoms with Gasteiger partial charge in [-0.05, 0) is 53.8 Å². The molecule has 1 aliphatic carbocycles. The smallest absolute Gasteiger partial charge is 0.358 e. The normalized spacial score (nSPS) is 17.7. The molecule has 15 heteroatoms. The Hall–Kier alpha value is -4.89. The van der Waals surface area contributed by atoms with Crippen molar-refractivity contribution in [2.75, 3.05) is 0 Å². The number of amides is 3. The number of nitrogens with zero attached hydrogens (tertiary/aromatic N) is 2. The third-order valence-electron chi connectivity index (χ3n) is 10.6. The van der Waals surface area contributed by atoms with Crippen LogP contribution in [0.25, 0.3) is 10.9 Å². The number of carbonyl (C=O) groups is 3. The molecular formula is C40H47F4N7O3S. The predicted octanol–water partition coefficient (Wildman–Crippen LogP) is 5.85. The van der Waals surface area contributed by atoms with Gasteiger partial charge in [0.05, 0.1) is 28.5 Å². The van der Waals surface area contributed by atoms with Gasteiger partial charge in [0.25, 0.3) is 0 Å². The zero-order chi connectivity index (χ0) is 39.9. The first-order chi connectivity index (χ1) is 26.2.